The summed E-state index contributed by atoms with van der Waals surface area (Å²) in [7, 11) is 0. The molecule has 0 radical (unpaired) electrons. The SMILES string of the molecule is O=C1Nc2cc(NC(=O)c3ccccc3)ccc2/C1=C(/Nc1ccc(CN2CCCCC2)cc1)c1ccccc1. The van der Waals surface area contributed by atoms with Gasteiger partial charge in [-0.25, -0.2) is 0 Å². The smallest absolute Gasteiger partial charge is 0.258 e. The van der Waals surface area contributed by atoms with Gasteiger partial charge in [0.1, 0.15) is 0 Å². The second kappa shape index (κ2) is 11.6. The number of benzene rings is 4. The first-order chi connectivity index (χ1) is 19.6. The maximum atomic E-state index is 13.4. The molecule has 1 saturated heterocycles. The van der Waals surface area contributed by atoms with Crippen LogP contribution in [-0.2, 0) is 11.3 Å². The van der Waals surface area contributed by atoms with E-state index in [4.69, 9.17) is 0 Å². The third-order valence-corrected chi connectivity index (χ3v) is 7.45. The predicted octanol–water partition coefficient (Wildman–Crippen LogP) is 6.86. The van der Waals surface area contributed by atoms with Gasteiger partial charge < -0.3 is 16.0 Å². The fraction of sp³-hybridized carbons (Fsp3) is 0.176. The normalized spacial score (nSPS) is 16.1. The second-order valence-corrected chi connectivity index (χ2v) is 10.3. The number of fused-ring (bicyclic) bond motifs is 1. The lowest BCUT2D eigenvalue weighted by atomic mass is 9.99. The molecular weight excluding hydrogens is 496 g/mol. The molecule has 40 heavy (non-hydrogen) atoms. The minimum atomic E-state index is -0.198. The van der Waals surface area contributed by atoms with Crippen LogP contribution in [0.2, 0.25) is 0 Å². The van der Waals surface area contributed by atoms with Crippen LogP contribution in [0, 0.1) is 0 Å². The van der Waals surface area contributed by atoms with Crippen molar-refractivity contribution in [2.24, 2.45) is 0 Å². The lowest BCUT2D eigenvalue weighted by molar-refractivity contribution is -0.110. The zero-order valence-corrected chi connectivity index (χ0v) is 22.3. The van der Waals surface area contributed by atoms with Crippen molar-refractivity contribution in [2.45, 2.75) is 25.8 Å². The molecule has 6 heteroatoms. The Hall–Kier alpha value is -4.68. The van der Waals surface area contributed by atoms with Crippen LogP contribution in [0.1, 0.15) is 46.3 Å². The topological polar surface area (TPSA) is 73.5 Å². The van der Waals surface area contributed by atoms with Gasteiger partial charge in [0.05, 0.1) is 17.0 Å². The van der Waals surface area contributed by atoms with Crippen molar-refractivity contribution in [1.29, 1.82) is 0 Å². The summed E-state index contributed by atoms with van der Waals surface area (Å²) in [4.78, 5) is 28.5. The molecule has 4 aromatic carbocycles. The highest BCUT2D eigenvalue weighted by atomic mass is 16.2. The standard InChI is InChI=1S/C34H32N4O2/c39-33(26-12-6-2-7-13-26)36-28-18-19-29-30(22-28)37-34(40)31(29)32(25-10-4-1-5-11-25)35-27-16-14-24(15-17-27)23-38-20-8-3-9-21-38/h1-2,4-7,10-19,22,35H,3,8-9,20-21,23H2,(H,36,39)(H,37,40)/b32-31-. The largest absolute Gasteiger partial charge is 0.354 e. The molecule has 6 nitrogen and oxygen atoms in total. The molecule has 200 valence electrons. The number of likely N-dealkylation sites (tertiary alicyclic amines) is 1. The van der Waals surface area contributed by atoms with Crippen LogP contribution in [0.25, 0.3) is 11.3 Å². The molecule has 0 atom stereocenters. The summed E-state index contributed by atoms with van der Waals surface area (Å²) in [6.45, 7) is 3.29. The van der Waals surface area contributed by atoms with Crippen molar-refractivity contribution in [2.75, 3.05) is 29.0 Å². The number of nitrogens with one attached hydrogen (secondary N) is 3. The van der Waals surface area contributed by atoms with E-state index in [2.05, 4.69) is 45.1 Å². The van der Waals surface area contributed by atoms with Crippen molar-refractivity contribution in [3.05, 3.63) is 125 Å². The molecule has 0 saturated carbocycles. The van der Waals surface area contributed by atoms with Gasteiger partial charge in [0.15, 0.2) is 0 Å². The number of carbonyl (C=O) groups is 2. The second-order valence-electron chi connectivity index (χ2n) is 10.3. The van der Waals surface area contributed by atoms with E-state index in [1.54, 1.807) is 18.2 Å². The van der Waals surface area contributed by atoms with E-state index in [1.165, 1.54) is 24.8 Å². The van der Waals surface area contributed by atoms with E-state index in [0.717, 1.165) is 42.1 Å². The zero-order chi connectivity index (χ0) is 27.3. The molecule has 0 bridgehead atoms. The fourth-order valence-corrected chi connectivity index (χ4v) is 5.39. The molecule has 1 fully saturated rings. The average molecular weight is 529 g/mol. The van der Waals surface area contributed by atoms with Crippen LogP contribution in [0.3, 0.4) is 0 Å². The van der Waals surface area contributed by atoms with Crippen molar-refractivity contribution in [3.63, 3.8) is 0 Å². The van der Waals surface area contributed by atoms with Crippen LogP contribution < -0.4 is 16.0 Å². The van der Waals surface area contributed by atoms with Gasteiger partial charge in [0.2, 0.25) is 0 Å². The number of rotatable bonds is 7. The Balaban J connectivity index is 1.28. The third kappa shape index (κ3) is 5.67. The van der Waals surface area contributed by atoms with Crippen LogP contribution in [0.5, 0.6) is 0 Å². The number of carbonyl (C=O) groups excluding carboxylic acids is 2. The molecule has 0 spiro atoms. The molecule has 2 aliphatic rings. The van der Waals surface area contributed by atoms with Crippen molar-refractivity contribution in [1.82, 2.24) is 4.90 Å². The summed E-state index contributed by atoms with van der Waals surface area (Å²) in [6.07, 6.45) is 3.88. The van der Waals surface area contributed by atoms with E-state index in [-0.39, 0.29) is 11.8 Å². The number of piperidine rings is 1. The van der Waals surface area contributed by atoms with Gasteiger partial charge in [-0.1, -0.05) is 67.1 Å². The molecule has 0 aromatic heterocycles. The Bertz CT molecular complexity index is 1540. The summed E-state index contributed by atoms with van der Waals surface area (Å²) in [5, 5.41) is 9.47. The summed E-state index contributed by atoms with van der Waals surface area (Å²) in [5.74, 6) is -0.384. The molecule has 4 aromatic rings. The molecule has 2 aliphatic heterocycles. The minimum absolute atomic E-state index is 0.186. The van der Waals surface area contributed by atoms with E-state index >= 15 is 0 Å². The average Bonchev–Trinajstić information content (AvgIpc) is 3.32. The highest BCUT2D eigenvalue weighted by Crippen LogP contribution is 2.39. The molecule has 3 N–H and O–H groups in total. The lowest BCUT2D eigenvalue weighted by Crippen LogP contribution is -2.29. The fourth-order valence-electron chi connectivity index (χ4n) is 5.39. The highest BCUT2D eigenvalue weighted by Gasteiger charge is 2.29. The van der Waals surface area contributed by atoms with Crippen molar-refractivity contribution >= 4 is 40.1 Å². The Labute approximate surface area is 234 Å². The van der Waals surface area contributed by atoms with Gasteiger partial charge in [-0.2, -0.15) is 0 Å². The molecule has 2 amide bonds. The molecule has 2 heterocycles. The Morgan fingerprint density at radius 2 is 1.38 bits per heavy atom. The van der Waals surface area contributed by atoms with Crippen molar-refractivity contribution < 1.29 is 9.59 Å². The number of hydrogen-bond donors (Lipinski definition) is 3. The first-order valence-corrected chi connectivity index (χ1v) is 13.8. The van der Waals surface area contributed by atoms with E-state index in [0.29, 0.717) is 22.5 Å². The van der Waals surface area contributed by atoms with Crippen LogP contribution >= 0.6 is 0 Å². The molecule has 6 rings (SSSR count). The van der Waals surface area contributed by atoms with Gasteiger partial charge in [-0.15, -0.1) is 0 Å². The third-order valence-electron chi connectivity index (χ3n) is 7.45. The zero-order valence-electron chi connectivity index (χ0n) is 22.3. The lowest BCUT2D eigenvalue weighted by Gasteiger charge is -2.26. The van der Waals surface area contributed by atoms with Gasteiger partial charge >= 0.3 is 0 Å². The Morgan fingerprint density at radius 1 is 0.725 bits per heavy atom. The first-order valence-electron chi connectivity index (χ1n) is 13.8. The monoisotopic (exact) mass is 528 g/mol. The molecule has 0 aliphatic carbocycles. The van der Waals surface area contributed by atoms with Crippen LogP contribution in [0.4, 0.5) is 17.1 Å². The summed E-state index contributed by atoms with van der Waals surface area (Å²) in [5.41, 5.74) is 7.07. The number of anilines is 3. The minimum Gasteiger partial charge on any atom is -0.354 e. The van der Waals surface area contributed by atoms with Crippen LogP contribution in [0.15, 0.2) is 103 Å². The predicted molar refractivity (Wildman–Crippen MR) is 162 cm³/mol. The summed E-state index contributed by atoms with van der Waals surface area (Å²) in [6, 6.07) is 33.0. The highest BCUT2D eigenvalue weighted by molar-refractivity contribution is 6.37. The van der Waals surface area contributed by atoms with E-state index in [9.17, 15) is 9.59 Å². The number of hydrogen-bond acceptors (Lipinski definition) is 4. The van der Waals surface area contributed by atoms with Crippen molar-refractivity contribution in [3.8, 4) is 0 Å². The number of nitrogens with zero attached hydrogens (tertiary/aromatic N) is 1. The quantitative estimate of drug-likeness (QED) is 0.229. The van der Waals surface area contributed by atoms with Crippen LogP contribution in [-0.4, -0.2) is 29.8 Å². The molecular formula is C34H32N4O2. The van der Waals surface area contributed by atoms with E-state index < -0.39 is 0 Å². The first kappa shape index (κ1) is 25.6. The Morgan fingerprint density at radius 3 is 2.08 bits per heavy atom. The summed E-state index contributed by atoms with van der Waals surface area (Å²) >= 11 is 0. The van der Waals surface area contributed by atoms with Gasteiger partial charge in [-0.05, 0) is 79.5 Å². The maximum absolute atomic E-state index is 13.4. The van der Waals surface area contributed by atoms with Gasteiger partial charge in [0.25, 0.3) is 11.8 Å². The number of amides is 2. The van der Waals surface area contributed by atoms with Gasteiger partial charge in [-0.3, -0.25) is 14.5 Å². The van der Waals surface area contributed by atoms with Gasteiger partial charge in [0, 0.05) is 29.0 Å². The maximum Gasteiger partial charge on any atom is 0.258 e. The Kier molecular flexibility index (Phi) is 7.42. The van der Waals surface area contributed by atoms with E-state index in [1.807, 2.05) is 60.7 Å². The molecule has 0 unspecified atom stereocenters. The summed E-state index contributed by atoms with van der Waals surface area (Å²) < 4.78 is 0.